The predicted octanol–water partition coefficient (Wildman–Crippen LogP) is 1.18. The molecule has 1 N–H and O–H groups in total. The molecule has 1 heterocycles. The molecule has 0 saturated heterocycles. The van der Waals surface area contributed by atoms with E-state index in [-0.39, 0.29) is 12.5 Å². The summed E-state index contributed by atoms with van der Waals surface area (Å²) in [6.07, 6.45) is -0.599. The van der Waals surface area contributed by atoms with Gasteiger partial charge in [0.2, 0.25) is 6.10 Å². The van der Waals surface area contributed by atoms with Crippen LogP contribution in [0.3, 0.4) is 0 Å². The van der Waals surface area contributed by atoms with E-state index in [9.17, 15) is 4.79 Å². The minimum absolute atomic E-state index is 0.199. The van der Waals surface area contributed by atoms with E-state index in [4.69, 9.17) is 21.1 Å². The number of para-hydroxylation sites is 2. The first-order valence-corrected chi connectivity index (χ1v) is 5.57. The molecular weight excluding hydrogens is 230 g/mol. The van der Waals surface area contributed by atoms with Gasteiger partial charge in [-0.25, -0.2) is 0 Å². The molecule has 1 unspecified atom stereocenters. The number of carbonyl (C=O) groups excluding carboxylic acids is 1. The van der Waals surface area contributed by atoms with Crippen LogP contribution >= 0.6 is 11.6 Å². The number of ether oxygens (including phenoxy) is 2. The largest absolute Gasteiger partial charge is 0.485 e. The Morgan fingerprint density at radius 3 is 2.94 bits per heavy atom. The van der Waals surface area contributed by atoms with Crippen molar-refractivity contribution in [3.8, 4) is 11.5 Å². The summed E-state index contributed by atoms with van der Waals surface area (Å²) in [5.74, 6) is 1.45. The second-order valence-corrected chi connectivity index (χ2v) is 3.72. The standard InChI is InChI=1S/C11H12ClNO3/c12-5-6-13-11(14)10-7-15-8-3-1-2-4-9(8)16-10/h1-4,10H,5-7H2,(H,13,14). The zero-order chi connectivity index (χ0) is 11.4. The predicted molar refractivity (Wildman–Crippen MR) is 60.1 cm³/mol. The lowest BCUT2D eigenvalue weighted by Crippen LogP contribution is -2.44. The fraction of sp³-hybridized carbons (Fsp3) is 0.364. The summed E-state index contributed by atoms with van der Waals surface area (Å²) in [6.45, 7) is 0.660. The van der Waals surface area contributed by atoms with Crippen LogP contribution in [0.2, 0.25) is 0 Å². The summed E-state index contributed by atoms with van der Waals surface area (Å²) in [7, 11) is 0. The van der Waals surface area contributed by atoms with Crippen LogP contribution in [0.5, 0.6) is 11.5 Å². The first-order valence-electron chi connectivity index (χ1n) is 5.03. The van der Waals surface area contributed by atoms with E-state index in [0.29, 0.717) is 23.9 Å². The average Bonchev–Trinajstić information content (AvgIpc) is 2.35. The highest BCUT2D eigenvalue weighted by atomic mass is 35.5. The van der Waals surface area contributed by atoms with Gasteiger partial charge in [0.25, 0.3) is 5.91 Å². The van der Waals surface area contributed by atoms with E-state index >= 15 is 0 Å². The Kier molecular flexibility index (Phi) is 3.51. The van der Waals surface area contributed by atoms with Gasteiger partial charge in [-0.2, -0.15) is 0 Å². The number of fused-ring (bicyclic) bond motifs is 1. The number of amides is 1. The number of carbonyl (C=O) groups is 1. The smallest absolute Gasteiger partial charge is 0.264 e. The Morgan fingerprint density at radius 1 is 1.44 bits per heavy atom. The molecule has 0 bridgehead atoms. The molecule has 0 aromatic heterocycles. The number of nitrogens with one attached hydrogen (secondary N) is 1. The number of benzene rings is 1. The minimum Gasteiger partial charge on any atom is -0.485 e. The fourth-order valence-electron chi connectivity index (χ4n) is 1.43. The molecule has 1 atom stereocenters. The minimum atomic E-state index is -0.599. The van der Waals surface area contributed by atoms with Crippen LogP contribution in [0.15, 0.2) is 24.3 Å². The van der Waals surface area contributed by atoms with Crippen LogP contribution in [-0.4, -0.2) is 31.0 Å². The maximum absolute atomic E-state index is 11.6. The molecule has 0 radical (unpaired) electrons. The highest BCUT2D eigenvalue weighted by Crippen LogP contribution is 2.30. The van der Waals surface area contributed by atoms with Gasteiger partial charge >= 0.3 is 0 Å². The normalized spacial score (nSPS) is 17.9. The monoisotopic (exact) mass is 241 g/mol. The Labute approximate surface area is 98.5 Å². The van der Waals surface area contributed by atoms with Crippen molar-refractivity contribution >= 4 is 17.5 Å². The third-order valence-electron chi connectivity index (χ3n) is 2.19. The summed E-state index contributed by atoms with van der Waals surface area (Å²) in [5, 5.41) is 2.66. The number of rotatable bonds is 3. The molecule has 1 amide bonds. The molecule has 1 aromatic carbocycles. The Hall–Kier alpha value is -1.42. The third kappa shape index (κ3) is 2.39. The zero-order valence-corrected chi connectivity index (χ0v) is 9.37. The molecule has 86 valence electrons. The van der Waals surface area contributed by atoms with Crippen LogP contribution in [0.25, 0.3) is 0 Å². The molecule has 1 aliphatic heterocycles. The lowest BCUT2D eigenvalue weighted by atomic mass is 10.2. The van der Waals surface area contributed by atoms with Crippen molar-refractivity contribution in [1.82, 2.24) is 5.32 Å². The van der Waals surface area contributed by atoms with Gasteiger partial charge in [0, 0.05) is 12.4 Å². The lowest BCUT2D eigenvalue weighted by molar-refractivity contribution is -0.130. The van der Waals surface area contributed by atoms with Gasteiger partial charge in [-0.1, -0.05) is 12.1 Å². The molecule has 1 aromatic rings. The van der Waals surface area contributed by atoms with Crippen LogP contribution in [0, 0.1) is 0 Å². The third-order valence-corrected chi connectivity index (χ3v) is 2.38. The fourth-order valence-corrected chi connectivity index (χ4v) is 1.53. The van der Waals surface area contributed by atoms with Crippen molar-refractivity contribution in [2.24, 2.45) is 0 Å². The Morgan fingerprint density at radius 2 is 2.19 bits per heavy atom. The first kappa shape index (κ1) is 11.1. The molecule has 0 fully saturated rings. The summed E-state index contributed by atoms with van der Waals surface area (Å²) in [5.41, 5.74) is 0. The second-order valence-electron chi connectivity index (χ2n) is 3.34. The van der Waals surface area contributed by atoms with Crippen LogP contribution < -0.4 is 14.8 Å². The van der Waals surface area contributed by atoms with Crippen molar-refractivity contribution in [3.63, 3.8) is 0 Å². The van der Waals surface area contributed by atoms with Gasteiger partial charge in [0.1, 0.15) is 6.61 Å². The van der Waals surface area contributed by atoms with Crippen molar-refractivity contribution in [2.75, 3.05) is 19.0 Å². The van der Waals surface area contributed by atoms with Gasteiger partial charge in [-0.15, -0.1) is 11.6 Å². The van der Waals surface area contributed by atoms with E-state index in [1.165, 1.54) is 0 Å². The number of hydrogen-bond donors (Lipinski definition) is 1. The molecule has 0 spiro atoms. The van der Waals surface area contributed by atoms with Crippen molar-refractivity contribution in [2.45, 2.75) is 6.10 Å². The molecule has 0 aliphatic carbocycles. The van der Waals surface area contributed by atoms with E-state index in [0.717, 1.165) is 0 Å². The molecule has 0 saturated carbocycles. The molecule has 2 rings (SSSR count). The van der Waals surface area contributed by atoms with Gasteiger partial charge in [0.05, 0.1) is 0 Å². The molecular formula is C11H12ClNO3. The highest BCUT2D eigenvalue weighted by molar-refractivity contribution is 6.18. The van der Waals surface area contributed by atoms with Crippen LogP contribution in [-0.2, 0) is 4.79 Å². The van der Waals surface area contributed by atoms with Crippen LogP contribution in [0.1, 0.15) is 0 Å². The van der Waals surface area contributed by atoms with Crippen molar-refractivity contribution in [3.05, 3.63) is 24.3 Å². The molecule has 1 aliphatic rings. The molecule has 5 heteroatoms. The first-order chi connectivity index (χ1) is 7.81. The summed E-state index contributed by atoms with van der Waals surface area (Å²) >= 11 is 5.48. The maximum Gasteiger partial charge on any atom is 0.264 e. The number of alkyl halides is 1. The van der Waals surface area contributed by atoms with E-state index < -0.39 is 6.10 Å². The maximum atomic E-state index is 11.6. The molecule has 4 nitrogen and oxygen atoms in total. The van der Waals surface area contributed by atoms with Gasteiger partial charge in [-0.05, 0) is 12.1 Å². The SMILES string of the molecule is O=C(NCCCl)C1COc2ccccc2O1. The number of hydrogen-bond acceptors (Lipinski definition) is 3. The van der Waals surface area contributed by atoms with E-state index in [1.807, 2.05) is 18.2 Å². The van der Waals surface area contributed by atoms with Gasteiger partial charge in [0.15, 0.2) is 11.5 Å². The van der Waals surface area contributed by atoms with E-state index in [1.54, 1.807) is 6.07 Å². The summed E-state index contributed by atoms with van der Waals surface area (Å²) in [4.78, 5) is 11.6. The van der Waals surface area contributed by atoms with Gasteiger partial charge < -0.3 is 14.8 Å². The van der Waals surface area contributed by atoms with Crippen molar-refractivity contribution < 1.29 is 14.3 Å². The number of halogens is 1. The molecule has 16 heavy (non-hydrogen) atoms. The highest BCUT2D eigenvalue weighted by Gasteiger charge is 2.26. The second kappa shape index (κ2) is 5.07. The van der Waals surface area contributed by atoms with E-state index in [2.05, 4.69) is 5.32 Å². The topological polar surface area (TPSA) is 47.6 Å². The quantitative estimate of drug-likeness (QED) is 0.809. The summed E-state index contributed by atoms with van der Waals surface area (Å²) in [6, 6.07) is 7.27. The Bertz CT molecular complexity index is 383. The lowest BCUT2D eigenvalue weighted by Gasteiger charge is -2.25. The van der Waals surface area contributed by atoms with Crippen molar-refractivity contribution in [1.29, 1.82) is 0 Å². The zero-order valence-electron chi connectivity index (χ0n) is 8.61. The Balaban J connectivity index is 1.99. The summed E-state index contributed by atoms with van der Waals surface area (Å²) < 4.78 is 10.9. The van der Waals surface area contributed by atoms with Crippen LogP contribution in [0.4, 0.5) is 0 Å². The van der Waals surface area contributed by atoms with Gasteiger partial charge in [-0.3, -0.25) is 4.79 Å². The average molecular weight is 242 g/mol.